The van der Waals surface area contributed by atoms with Crippen LogP contribution in [0.15, 0.2) is 36.7 Å². The van der Waals surface area contributed by atoms with E-state index in [2.05, 4.69) is 20.2 Å². The van der Waals surface area contributed by atoms with Crippen LogP contribution in [0, 0.1) is 0 Å². The minimum absolute atomic E-state index is 0.119. The first kappa shape index (κ1) is 18.2. The van der Waals surface area contributed by atoms with Crippen molar-refractivity contribution in [2.45, 2.75) is 45.6 Å². The van der Waals surface area contributed by atoms with Gasteiger partial charge < -0.3 is 15.0 Å². The third-order valence-corrected chi connectivity index (χ3v) is 4.30. The van der Waals surface area contributed by atoms with E-state index < -0.39 is 0 Å². The van der Waals surface area contributed by atoms with E-state index in [0.29, 0.717) is 11.4 Å². The number of carbonyl (C=O) groups is 1. The van der Waals surface area contributed by atoms with Gasteiger partial charge in [-0.25, -0.2) is 9.97 Å². The monoisotopic (exact) mass is 354 g/mol. The second-order valence-corrected chi connectivity index (χ2v) is 6.81. The van der Waals surface area contributed by atoms with Crippen molar-refractivity contribution < 1.29 is 9.53 Å². The van der Waals surface area contributed by atoms with Crippen molar-refractivity contribution in [2.24, 2.45) is 0 Å². The van der Waals surface area contributed by atoms with Crippen LogP contribution in [0.5, 0.6) is 5.75 Å². The molecule has 1 aliphatic heterocycles. The van der Waals surface area contributed by atoms with Crippen molar-refractivity contribution in [1.29, 1.82) is 0 Å². The minimum atomic E-state index is -0.235. The van der Waals surface area contributed by atoms with Crippen molar-refractivity contribution in [3.05, 3.63) is 42.4 Å². The number of carbonyl (C=O) groups excluding carboxylic acids is 1. The van der Waals surface area contributed by atoms with E-state index in [1.165, 1.54) is 19.2 Å². The fraction of sp³-hybridized carbons (Fsp3) is 0.450. The maximum Gasteiger partial charge on any atom is 0.274 e. The Balaban J connectivity index is 1.66. The molecule has 0 saturated carbocycles. The number of nitrogens with zero attached hydrogens (tertiary/aromatic N) is 3. The van der Waals surface area contributed by atoms with Gasteiger partial charge in [-0.15, -0.1) is 0 Å². The summed E-state index contributed by atoms with van der Waals surface area (Å²) in [4.78, 5) is 23.3. The molecule has 138 valence electrons. The Morgan fingerprint density at radius 2 is 1.77 bits per heavy atom. The average molecular weight is 354 g/mol. The number of benzene rings is 1. The zero-order valence-corrected chi connectivity index (χ0v) is 15.4. The summed E-state index contributed by atoms with van der Waals surface area (Å²) in [5, 5.41) is 2.88. The van der Waals surface area contributed by atoms with Gasteiger partial charge in [-0.05, 0) is 51.0 Å². The van der Waals surface area contributed by atoms with E-state index >= 15 is 0 Å². The molecule has 26 heavy (non-hydrogen) atoms. The Morgan fingerprint density at radius 1 is 1.08 bits per heavy atom. The molecule has 1 saturated heterocycles. The van der Waals surface area contributed by atoms with Crippen LogP contribution in [0.4, 0.5) is 11.5 Å². The lowest BCUT2D eigenvalue weighted by Gasteiger charge is -2.21. The van der Waals surface area contributed by atoms with Gasteiger partial charge in [0.1, 0.15) is 23.6 Å². The molecule has 2 heterocycles. The van der Waals surface area contributed by atoms with E-state index in [-0.39, 0.29) is 12.0 Å². The summed E-state index contributed by atoms with van der Waals surface area (Å²) in [7, 11) is 0. The van der Waals surface area contributed by atoms with Crippen molar-refractivity contribution >= 4 is 17.4 Å². The van der Waals surface area contributed by atoms with Gasteiger partial charge in [0, 0.05) is 24.8 Å². The van der Waals surface area contributed by atoms with E-state index in [1.807, 2.05) is 38.1 Å². The van der Waals surface area contributed by atoms with Crippen molar-refractivity contribution in [1.82, 2.24) is 9.97 Å². The molecule has 1 fully saturated rings. The van der Waals surface area contributed by atoms with E-state index in [9.17, 15) is 4.79 Å². The third kappa shape index (κ3) is 4.94. The van der Waals surface area contributed by atoms with Gasteiger partial charge in [-0.2, -0.15) is 0 Å². The normalized spacial score (nSPS) is 14.8. The Morgan fingerprint density at radius 3 is 2.42 bits per heavy atom. The molecule has 6 heteroatoms. The minimum Gasteiger partial charge on any atom is -0.491 e. The van der Waals surface area contributed by atoms with Gasteiger partial charge in [0.15, 0.2) is 0 Å². The number of hydrogen-bond acceptors (Lipinski definition) is 5. The van der Waals surface area contributed by atoms with Crippen LogP contribution in [0.1, 0.15) is 50.0 Å². The van der Waals surface area contributed by atoms with E-state index in [4.69, 9.17) is 4.74 Å². The highest BCUT2D eigenvalue weighted by atomic mass is 16.5. The quantitative estimate of drug-likeness (QED) is 0.882. The summed E-state index contributed by atoms with van der Waals surface area (Å²) in [6.07, 6.45) is 6.42. The number of rotatable bonds is 5. The van der Waals surface area contributed by atoms with Gasteiger partial charge in [0.2, 0.25) is 0 Å². The number of amides is 1. The first-order chi connectivity index (χ1) is 12.6. The van der Waals surface area contributed by atoms with Crippen LogP contribution in [-0.4, -0.2) is 35.1 Å². The highest BCUT2D eigenvalue weighted by Gasteiger charge is 2.15. The van der Waals surface area contributed by atoms with Crippen LogP contribution >= 0.6 is 0 Å². The number of nitrogens with one attached hydrogen (secondary N) is 1. The molecule has 1 aliphatic rings. The number of ether oxygens (including phenoxy) is 1. The lowest BCUT2D eigenvalue weighted by molar-refractivity contribution is 0.102. The molecule has 0 spiro atoms. The highest BCUT2D eigenvalue weighted by Crippen LogP contribution is 2.19. The van der Waals surface area contributed by atoms with Gasteiger partial charge in [0.25, 0.3) is 5.91 Å². The Kier molecular flexibility index (Phi) is 6.04. The number of aromatic nitrogens is 2. The Labute approximate surface area is 154 Å². The molecule has 0 atom stereocenters. The Hall–Kier alpha value is -2.63. The molecule has 6 nitrogen and oxygen atoms in total. The zero-order chi connectivity index (χ0) is 18.4. The predicted molar refractivity (Wildman–Crippen MR) is 103 cm³/mol. The average Bonchev–Trinajstić information content (AvgIpc) is 2.92. The summed E-state index contributed by atoms with van der Waals surface area (Å²) in [5.74, 6) is 1.37. The summed E-state index contributed by atoms with van der Waals surface area (Å²) < 4.78 is 5.61. The summed E-state index contributed by atoms with van der Waals surface area (Å²) in [5.41, 5.74) is 1.09. The van der Waals surface area contributed by atoms with Crippen molar-refractivity contribution in [3.8, 4) is 5.75 Å². The molecular weight excluding hydrogens is 328 g/mol. The molecule has 0 unspecified atom stereocenters. The lowest BCUT2D eigenvalue weighted by atomic mass is 10.2. The molecule has 0 radical (unpaired) electrons. The Bertz CT molecular complexity index is 723. The zero-order valence-electron chi connectivity index (χ0n) is 15.4. The topological polar surface area (TPSA) is 67.3 Å². The predicted octanol–water partition coefficient (Wildman–Crippen LogP) is 3.90. The number of hydrogen-bond donors (Lipinski definition) is 1. The summed E-state index contributed by atoms with van der Waals surface area (Å²) in [6.45, 7) is 5.92. The molecule has 1 amide bonds. The van der Waals surface area contributed by atoms with Gasteiger partial charge in [0.05, 0.1) is 6.10 Å². The second-order valence-electron chi connectivity index (χ2n) is 6.81. The third-order valence-electron chi connectivity index (χ3n) is 4.30. The SMILES string of the molecule is CC(C)Oc1ccc(NC(=O)c2cc(N3CCCCCC3)ncn2)cc1. The van der Waals surface area contributed by atoms with E-state index in [0.717, 1.165) is 37.5 Å². The molecule has 0 aliphatic carbocycles. The van der Waals surface area contributed by atoms with Crippen LogP contribution in [0.25, 0.3) is 0 Å². The number of anilines is 2. The van der Waals surface area contributed by atoms with Crippen molar-refractivity contribution in [2.75, 3.05) is 23.3 Å². The maximum atomic E-state index is 12.5. The van der Waals surface area contributed by atoms with Crippen LogP contribution in [-0.2, 0) is 0 Å². The summed E-state index contributed by atoms with van der Waals surface area (Å²) in [6, 6.07) is 9.12. The smallest absolute Gasteiger partial charge is 0.274 e. The largest absolute Gasteiger partial charge is 0.491 e. The molecule has 1 N–H and O–H groups in total. The first-order valence-electron chi connectivity index (χ1n) is 9.27. The molecule has 0 bridgehead atoms. The maximum absolute atomic E-state index is 12.5. The molecule has 2 aromatic rings. The fourth-order valence-corrected chi connectivity index (χ4v) is 3.03. The molecule has 3 rings (SSSR count). The first-order valence-corrected chi connectivity index (χ1v) is 9.27. The van der Waals surface area contributed by atoms with Gasteiger partial charge in [-0.3, -0.25) is 4.79 Å². The van der Waals surface area contributed by atoms with Gasteiger partial charge in [-0.1, -0.05) is 12.8 Å². The molecule has 1 aromatic carbocycles. The summed E-state index contributed by atoms with van der Waals surface area (Å²) >= 11 is 0. The highest BCUT2D eigenvalue weighted by molar-refractivity contribution is 6.03. The van der Waals surface area contributed by atoms with E-state index in [1.54, 1.807) is 6.07 Å². The molecule has 1 aromatic heterocycles. The molecular formula is C20H26N4O2. The second kappa shape index (κ2) is 8.65. The fourth-order valence-electron chi connectivity index (χ4n) is 3.03. The lowest BCUT2D eigenvalue weighted by Crippen LogP contribution is -2.25. The standard InChI is InChI=1S/C20H26N4O2/c1-15(2)26-17-9-7-16(8-10-17)23-20(25)18-13-19(22-14-21-18)24-11-5-3-4-6-12-24/h7-10,13-15H,3-6,11-12H2,1-2H3,(H,23,25). The van der Waals surface area contributed by atoms with Crippen LogP contribution < -0.4 is 15.0 Å². The van der Waals surface area contributed by atoms with Crippen LogP contribution in [0.2, 0.25) is 0 Å². The van der Waals surface area contributed by atoms with Crippen molar-refractivity contribution in [3.63, 3.8) is 0 Å². The van der Waals surface area contributed by atoms with Crippen LogP contribution in [0.3, 0.4) is 0 Å². The van der Waals surface area contributed by atoms with Gasteiger partial charge >= 0.3 is 0 Å².